The molecule has 0 saturated carbocycles. The van der Waals surface area contributed by atoms with Crippen molar-refractivity contribution in [1.82, 2.24) is 9.80 Å². The highest BCUT2D eigenvalue weighted by Gasteiger charge is 2.25. The highest BCUT2D eigenvalue weighted by atomic mass is 16.5. The van der Waals surface area contributed by atoms with Gasteiger partial charge in [0.15, 0.2) is 0 Å². The van der Waals surface area contributed by atoms with Crippen molar-refractivity contribution in [2.45, 2.75) is 25.3 Å². The lowest BCUT2D eigenvalue weighted by molar-refractivity contribution is -0.140. The zero-order valence-electron chi connectivity index (χ0n) is 12.3. The van der Waals surface area contributed by atoms with Crippen LogP contribution in [-0.4, -0.2) is 85.4 Å². The number of ether oxygens (including phenoxy) is 2. The number of carbonyl (C=O) groups is 2. The molecule has 7 nitrogen and oxygen atoms in total. The second-order valence-corrected chi connectivity index (χ2v) is 5.46. The van der Waals surface area contributed by atoms with Crippen LogP contribution in [0.4, 0.5) is 0 Å². The molecule has 0 aromatic heterocycles. The number of hydrogen-bond acceptors (Lipinski definition) is 5. The van der Waals surface area contributed by atoms with E-state index in [9.17, 15) is 9.59 Å². The van der Waals surface area contributed by atoms with Gasteiger partial charge in [-0.2, -0.15) is 0 Å². The molecule has 2 rings (SSSR count). The van der Waals surface area contributed by atoms with Crippen molar-refractivity contribution in [3.63, 3.8) is 0 Å². The van der Waals surface area contributed by atoms with E-state index in [0.717, 1.165) is 19.5 Å². The molecule has 0 spiro atoms. The van der Waals surface area contributed by atoms with Crippen LogP contribution < -0.4 is 0 Å². The van der Waals surface area contributed by atoms with Gasteiger partial charge in [0, 0.05) is 32.1 Å². The zero-order chi connectivity index (χ0) is 15.1. The maximum absolute atomic E-state index is 12.0. The van der Waals surface area contributed by atoms with Crippen LogP contribution in [0.3, 0.4) is 0 Å². The Morgan fingerprint density at radius 3 is 2.52 bits per heavy atom. The molecule has 1 atom stereocenters. The Hall–Kier alpha value is -1.18. The van der Waals surface area contributed by atoms with Crippen molar-refractivity contribution in [3.8, 4) is 0 Å². The van der Waals surface area contributed by atoms with Gasteiger partial charge in [-0.25, -0.2) is 0 Å². The van der Waals surface area contributed by atoms with E-state index in [1.807, 2.05) is 4.90 Å². The fourth-order valence-corrected chi connectivity index (χ4v) is 2.78. The number of hydrogen-bond donors (Lipinski definition) is 1. The summed E-state index contributed by atoms with van der Waals surface area (Å²) >= 11 is 0. The number of carbonyl (C=O) groups excluding carboxylic acids is 1. The Balaban J connectivity index is 1.70. The summed E-state index contributed by atoms with van der Waals surface area (Å²) < 4.78 is 10.6. The van der Waals surface area contributed by atoms with E-state index in [-0.39, 0.29) is 18.4 Å². The lowest BCUT2D eigenvalue weighted by atomic mass is 10.1. The number of rotatable bonds is 6. The SMILES string of the molecule is O=C(O)CC1COCCN1CCCC(=O)N1CCOCC1. The van der Waals surface area contributed by atoms with Gasteiger partial charge in [0.25, 0.3) is 0 Å². The van der Waals surface area contributed by atoms with Crippen molar-refractivity contribution >= 4 is 11.9 Å². The maximum Gasteiger partial charge on any atom is 0.305 e. The largest absolute Gasteiger partial charge is 0.481 e. The molecule has 1 amide bonds. The van der Waals surface area contributed by atoms with Crippen molar-refractivity contribution in [2.75, 3.05) is 52.6 Å². The van der Waals surface area contributed by atoms with E-state index in [1.54, 1.807) is 0 Å². The maximum atomic E-state index is 12.0. The standard InChI is InChI=1S/C14H24N2O5/c17-13(16-5-7-20-8-6-16)2-1-3-15-4-9-21-11-12(15)10-14(18)19/h12H,1-11H2,(H,18,19). The van der Waals surface area contributed by atoms with Crippen LogP contribution in [0.1, 0.15) is 19.3 Å². The third kappa shape index (κ3) is 5.26. The minimum Gasteiger partial charge on any atom is -0.481 e. The highest BCUT2D eigenvalue weighted by Crippen LogP contribution is 2.12. The molecule has 21 heavy (non-hydrogen) atoms. The number of aliphatic carboxylic acids is 1. The molecule has 2 aliphatic rings. The Kier molecular flexibility index (Phi) is 6.41. The second kappa shape index (κ2) is 8.31. The molecular weight excluding hydrogens is 276 g/mol. The summed E-state index contributed by atoms with van der Waals surface area (Å²) in [4.78, 5) is 26.9. The minimum atomic E-state index is -0.806. The summed E-state index contributed by atoms with van der Waals surface area (Å²) in [6, 6.07) is -0.0743. The fourth-order valence-electron chi connectivity index (χ4n) is 2.78. The Morgan fingerprint density at radius 2 is 1.81 bits per heavy atom. The molecule has 0 aromatic rings. The molecule has 1 unspecified atom stereocenters. The van der Waals surface area contributed by atoms with Gasteiger partial charge >= 0.3 is 5.97 Å². The molecule has 2 aliphatic heterocycles. The molecule has 2 fully saturated rings. The van der Waals surface area contributed by atoms with E-state index in [0.29, 0.717) is 45.9 Å². The molecule has 2 heterocycles. The van der Waals surface area contributed by atoms with Gasteiger partial charge in [-0.05, 0) is 13.0 Å². The van der Waals surface area contributed by atoms with Crippen molar-refractivity contribution < 1.29 is 24.2 Å². The first-order valence-corrected chi connectivity index (χ1v) is 7.56. The van der Waals surface area contributed by atoms with E-state index in [4.69, 9.17) is 14.6 Å². The predicted octanol–water partition coefficient (Wildman–Crippen LogP) is -0.199. The Labute approximate surface area is 124 Å². The first-order chi connectivity index (χ1) is 10.2. The van der Waals surface area contributed by atoms with Crippen LogP contribution in [0.5, 0.6) is 0 Å². The van der Waals surface area contributed by atoms with E-state index in [2.05, 4.69) is 4.90 Å². The molecule has 7 heteroatoms. The van der Waals surface area contributed by atoms with E-state index < -0.39 is 5.97 Å². The number of morpholine rings is 2. The molecule has 1 N–H and O–H groups in total. The molecule has 0 aliphatic carbocycles. The fraction of sp³-hybridized carbons (Fsp3) is 0.857. The van der Waals surface area contributed by atoms with Crippen LogP contribution in [0.15, 0.2) is 0 Å². The number of nitrogens with zero attached hydrogens (tertiary/aromatic N) is 2. The van der Waals surface area contributed by atoms with Gasteiger partial charge in [-0.3, -0.25) is 14.5 Å². The minimum absolute atomic E-state index is 0.0743. The Morgan fingerprint density at radius 1 is 1.10 bits per heavy atom. The van der Waals surface area contributed by atoms with Gasteiger partial charge in [-0.1, -0.05) is 0 Å². The third-order valence-electron chi connectivity index (χ3n) is 3.96. The predicted molar refractivity (Wildman–Crippen MR) is 75.1 cm³/mol. The quantitative estimate of drug-likeness (QED) is 0.732. The highest BCUT2D eigenvalue weighted by molar-refractivity contribution is 5.76. The summed E-state index contributed by atoms with van der Waals surface area (Å²) in [5.41, 5.74) is 0. The van der Waals surface area contributed by atoms with Gasteiger partial charge in [0.05, 0.1) is 32.8 Å². The van der Waals surface area contributed by atoms with Gasteiger partial charge in [0.2, 0.25) is 5.91 Å². The van der Waals surface area contributed by atoms with Crippen LogP contribution in [-0.2, 0) is 19.1 Å². The lowest BCUT2D eigenvalue weighted by Crippen LogP contribution is -2.47. The summed E-state index contributed by atoms with van der Waals surface area (Å²) in [5, 5.41) is 8.91. The van der Waals surface area contributed by atoms with Crippen LogP contribution in [0, 0.1) is 0 Å². The third-order valence-corrected chi connectivity index (χ3v) is 3.96. The van der Waals surface area contributed by atoms with Crippen LogP contribution >= 0.6 is 0 Å². The van der Waals surface area contributed by atoms with Gasteiger partial charge in [0.1, 0.15) is 0 Å². The summed E-state index contributed by atoms with van der Waals surface area (Å²) in [7, 11) is 0. The average Bonchev–Trinajstić information content (AvgIpc) is 2.49. The number of carboxylic acid groups (broad SMARTS) is 1. The monoisotopic (exact) mass is 300 g/mol. The van der Waals surface area contributed by atoms with Crippen LogP contribution in [0.2, 0.25) is 0 Å². The number of carboxylic acids is 1. The summed E-state index contributed by atoms with van der Waals surface area (Å²) in [6.45, 7) is 5.18. The topological polar surface area (TPSA) is 79.3 Å². The molecule has 0 radical (unpaired) electrons. The first-order valence-electron chi connectivity index (χ1n) is 7.56. The Bertz CT molecular complexity index is 357. The molecule has 2 saturated heterocycles. The van der Waals surface area contributed by atoms with Crippen molar-refractivity contribution in [1.29, 1.82) is 0 Å². The molecule has 120 valence electrons. The molecular formula is C14H24N2O5. The van der Waals surface area contributed by atoms with Crippen molar-refractivity contribution in [3.05, 3.63) is 0 Å². The van der Waals surface area contributed by atoms with Crippen molar-refractivity contribution in [2.24, 2.45) is 0 Å². The zero-order valence-corrected chi connectivity index (χ0v) is 12.3. The van der Waals surface area contributed by atoms with E-state index in [1.165, 1.54) is 0 Å². The first kappa shape index (κ1) is 16.2. The summed E-state index contributed by atoms with van der Waals surface area (Å²) in [6.07, 6.45) is 1.36. The second-order valence-electron chi connectivity index (χ2n) is 5.46. The smallest absolute Gasteiger partial charge is 0.305 e. The van der Waals surface area contributed by atoms with Gasteiger partial charge in [-0.15, -0.1) is 0 Å². The molecule has 0 aromatic carbocycles. The molecule has 0 bridgehead atoms. The average molecular weight is 300 g/mol. The number of amides is 1. The summed E-state index contributed by atoms with van der Waals surface area (Å²) in [5.74, 6) is -0.638. The lowest BCUT2D eigenvalue weighted by Gasteiger charge is -2.35. The van der Waals surface area contributed by atoms with E-state index >= 15 is 0 Å². The normalized spacial score (nSPS) is 24.0. The van der Waals surface area contributed by atoms with Gasteiger partial charge < -0.3 is 19.5 Å². The van der Waals surface area contributed by atoms with Crippen LogP contribution in [0.25, 0.3) is 0 Å².